The maximum atomic E-state index is 12.6. The fourth-order valence-electron chi connectivity index (χ4n) is 3.08. The summed E-state index contributed by atoms with van der Waals surface area (Å²) in [6.07, 6.45) is -8.04. The van der Waals surface area contributed by atoms with Gasteiger partial charge in [-0.2, -0.15) is 0 Å². The van der Waals surface area contributed by atoms with Gasteiger partial charge in [0.1, 0.15) is 24.1 Å². The summed E-state index contributed by atoms with van der Waals surface area (Å²) < 4.78 is 15.9. The number of carbonyl (C=O) groups is 2. The van der Waals surface area contributed by atoms with Gasteiger partial charge in [-0.25, -0.2) is 4.79 Å². The number of esters is 1. The first kappa shape index (κ1) is 24.1. The van der Waals surface area contributed by atoms with E-state index in [1.807, 2.05) is 32.0 Å². The lowest BCUT2D eigenvalue weighted by atomic mass is 9.88. The van der Waals surface area contributed by atoms with Crippen LogP contribution in [0.3, 0.4) is 0 Å². The summed E-state index contributed by atoms with van der Waals surface area (Å²) in [5.41, 5.74) is 1.11. The lowest BCUT2D eigenvalue weighted by Crippen LogP contribution is -2.61. The van der Waals surface area contributed by atoms with E-state index in [0.717, 1.165) is 16.9 Å². The molecule has 1 aromatic rings. The molecule has 1 saturated heterocycles. The number of carbonyl (C=O) groups excluding carboxylic acids is 1. The van der Waals surface area contributed by atoms with Crippen LogP contribution >= 0.6 is 0 Å². The third kappa shape index (κ3) is 5.69. The lowest BCUT2D eigenvalue weighted by molar-refractivity contribution is -0.288. The molecule has 2 rings (SSSR count). The monoisotopic (exact) mass is 426 g/mol. The van der Waals surface area contributed by atoms with E-state index in [0.29, 0.717) is 19.4 Å². The first-order valence-corrected chi connectivity index (χ1v) is 9.77. The van der Waals surface area contributed by atoms with Gasteiger partial charge in [0.15, 0.2) is 6.10 Å². The summed E-state index contributed by atoms with van der Waals surface area (Å²) in [7, 11) is 0. The van der Waals surface area contributed by atoms with Gasteiger partial charge in [0, 0.05) is 0 Å². The Labute approximate surface area is 175 Å². The number of benzene rings is 1. The number of aryl methyl sites for hydroxylation is 2. The number of aliphatic hydroxyl groups is 3. The summed E-state index contributed by atoms with van der Waals surface area (Å²) in [6, 6.07) is 5.90. The molecule has 1 heterocycles. The van der Waals surface area contributed by atoms with E-state index in [2.05, 4.69) is 0 Å². The predicted octanol–water partition coefficient (Wildman–Crippen LogP) is 0.924. The Morgan fingerprint density at radius 3 is 2.40 bits per heavy atom. The number of carboxylic acids is 1. The zero-order valence-electron chi connectivity index (χ0n) is 17.6. The van der Waals surface area contributed by atoms with Crippen molar-refractivity contribution in [2.24, 2.45) is 5.41 Å². The number of rotatable bonds is 8. The number of carboxylic acid groups (broad SMARTS) is 1. The minimum absolute atomic E-state index is 0.384. The summed E-state index contributed by atoms with van der Waals surface area (Å²) in [4.78, 5) is 23.7. The molecule has 9 nitrogen and oxygen atoms in total. The van der Waals surface area contributed by atoms with Gasteiger partial charge in [-0.3, -0.25) is 4.79 Å². The van der Waals surface area contributed by atoms with Crippen molar-refractivity contribution in [2.75, 3.05) is 6.61 Å². The highest BCUT2D eigenvalue weighted by Crippen LogP contribution is 2.29. The van der Waals surface area contributed by atoms with Crippen LogP contribution in [0, 0.1) is 19.3 Å². The zero-order valence-corrected chi connectivity index (χ0v) is 17.6. The number of aliphatic hydroxyl groups excluding tert-OH is 3. The number of ether oxygens (including phenoxy) is 3. The Morgan fingerprint density at radius 2 is 1.77 bits per heavy atom. The Bertz CT molecular complexity index is 761. The average Bonchev–Trinajstić information content (AvgIpc) is 2.67. The fraction of sp³-hybridized carbons (Fsp3) is 0.619. The molecule has 4 N–H and O–H groups in total. The average molecular weight is 426 g/mol. The third-order valence-corrected chi connectivity index (χ3v) is 5.14. The second kappa shape index (κ2) is 9.74. The van der Waals surface area contributed by atoms with E-state index in [-0.39, 0.29) is 0 Å². The van der Waals surface area contributed by atoms with Crippen LogP contribution in [-0.2, 0) is 19.1 Å². The minimum Gasteiger partial charge on any atom is -0.493 e. The van der Waals surface area contributed by atoms with E-state index in [1.54, 1.807) is 13.8 Å². The van der Waals surface area contributed by atoms with Gasteiger partial charge >= 0.3 is 11.9 Å². The molecule has 0 radical (unpaired) electrons. The van der Waals surface area contributed by atoms with Gasteiger partial charge < -0.3 is 34.6 Å². The third-order valence-electron chi connectivity index (χ3n) is 5.14. The van der Waals surface area contributed by atoms with Gasteiger partial charge in [-0.15, -0.1) is 0 Å². The molecule has 0 aliphatic carbocycles. The molecule has 0 aromatic heterocycles. The second-order valence-corrected chi connectivity index (χ2v) is 8.25. The highest BCUT2D eigenvalue weighted by Gasteiger charge is 2.49. The largest absolute Gasteiger partial charge is 0.493 e. The van der Waals surface area contributed by atoms with Crippen molar-refractivity contribution in [3.8, 4) is 5.75 Å². The minimum atomic E-state index is -1.84. The van der Waals surface area contributed by atoms with Gasteiger partial charge in [0.25, 0.3) is 0 Å². The normalized spacial score (nSPS) is 26.8. The molecule has 1 aliphatic heterocycles. The molecule has 0 bridgehead atoms. The fourth-order valence-corrected chi connectivity index (χ4v) is 3.08. The van der Waals surface area contributed by atoms with Crippen molar-refractivity contribution >= 4 is 11.9 Å². The van der Waals surface area contributed by atoms with Crippen LogP contribution in [-0.4, -0.2) is 69.7 Å². The van der Waals surface area contributed by atoms with E-state index in [9.17, 15) is 24.9 Å². The molecule has 1 aliphatic rings. The number of hydrogen-bond acceptors (Lipinski definition) is 8. The van der Waals surface area contributed by atoms with Gasteiger partial charge in [0.05, 0.1) is 12.0 Å². The summed E-state index contributed by atoms with van der Waals surface area (Å²) in [6.45, 7) is 7.58. The molecule has 0 saturated carbocycles. The van der Waals surface area contributed by atoms with Crippen LogP contribution in [0.25, 0.3) is 0 Å². The first-order chi connectivity index (χ1) is 13.9. The molecule has 5 atom stereocenters. The zero-order chi connectivity index (χ0) is 22.6. The van der Waals surface area contributed by atoms with E-state index < -0.39 is 48.1 Å². The lowest BCUT2D eigenvalue weighted by Gasteiger charge is -2.39. The maximum Gasteiger partial charge on any atom is 0.335 e. The number of hydrogen-bond donors (Lipinski definition) is 4. The molecular formula is C21H30O9. The molecule has 1 aromatic carbocycles. The van der Waals surface area contributed by atoms with Crippen molar-refractivity contribution in [2.45, 2.75) is 71.2 Å². The van der Waals surface area contributed by atoms with Crippen LogP contribution in [0.15, 0.2) is 18.2 Å². The molecule has 168 valence electrons. The standard InChI is InChI=1S/C21H30O9/c1-11-6-7-12(2)13(10-11)28-9-5-8-21(3,4)20(27)30-19-16(24)14(22)15(23)17(29-19)18(25)26/h6-7,10,14-17,19,22-24H,5,8-9H2,1-4H3,(H,25,26)/t14-,15-,16+,17-,19-/m0/s1. The van der Waals surface area contributed by atoms with Gasteiger partial charge in [-0.05, 0) is 57.7 Å². The smallest absolute Gasteiger partial charge is 0.335 e. The van der Waals surface area contributed by atoms with E-state index >= 15 is 0 Å². The summed E-state index contributed by atoms with van der Waals surface area (Å²) in [5.74, 6) is -1.50. The maximum absolute atomic E-state index is 12.6. The quantitative estimate of drug-likeness (QED) is 0.352. The van der Waals surface area contributed by atoms with Crippen molar-refractivity contribution in [1.29, 1.82) is 0 Å². The Kier molecular flexibility index (Phi) is 7.81. The van der Waals surface area contributed by atoms with Crippen LogP contribution in [0.1, 0.15) is 37.8 Å². The van der Waals surface area contributed by atoms with Crippen molar-refractivity contribution in [3.63, 3.8) is 0 Å². The second-order valence-electron chi connectivity index (χ2n) is 8.25. The molecular weight excluding hydrogens is 396 g/mol. The Morgan fingerprint density at radius 1 is 1.10 bits per heavy atom. The Hall–Kier alpha value is -2.20. The SMILES string of the molecule is Cc1ccc(C)c(OCCCC(C)(C)C(=O)O[C@@H]2O[C@H](C(=O)O)[C@@H](O)[C@H](O)[C@H]2O)c1. The summed E-state index contributed by atoms with van der Waals surface area (Å²) in [5, 5.41) is 38.6. The molecule has 1 fully saturated rings. The molecule has 9 heteroatoms. The van der Waals surface area contributed by atoms with Crippen molar-refractivity contribution in [1.82, 2.24) is 0 Å². The van der Waals surface area contributed by atoms with E-state index in [4.69, 9.17) is 19.3 Å². The van der Waals surface area contributed by atoms with Gasteiger partial charge in [0.2, 0.25) is 6.29 Å². The van der Waals surface area contributed by atoms with Crippen LogP contribution in [0.2, 0.25) is 0 Å². The molecule has 0 spiro atoms. The van der Waals surface area contributed by atoms with Crippen molar-refractivity contribution in [3.05, 3.63) is 29.3 Å². The molecule has 0 unspecified atom stereocenters. The highest BCUT2D eigenvalue weighted by atomic mass is 16.7. The summed E-state index contributed by atoms with van der Waals surface area (Å²) >= 11 is 0. The predicted molar refractivity (Wildman–Crippen MR) is 105 cm³/mol. The van der Waals surface area contributed by atoms with Crippen LogP contribution in [0.4, 0.5) is 0 Å². The number of aliphatic carboxylic acids is 1. The highest BCUT2D eigenvalue weighted by molar-refractivity contribution is 5.76. The van der Waals surface area contributed by atoms with Gasteiger partial charge in [-0.1, -0.05) is 12.1 Å². The first-order valence-electron chi connectivity index (χ1n) is 9.77. The molecule has 0 amide bonds. The van der Waals surface area contributed by atoms with Crippen LogP contribution < -0.4 is 4.74 Å². The van der Waals surface area contributed by atoms with Crippen LogP contribution in [0.5, 0.6) is 5.75 Å². The Balaban J connectivity index is 1.90. The van der Waals surface area contributed by atoms with Crippen molar-refractivity contribution < 1.29 is 44.2 Å². The van der Waals surface area contributed by atoms with E-state index in [1.165, 1.54) is 0 Å². The molecule has 30 heavy (non-hydrogen) atoms. The topological polar surface area (TPSA) is 143 Å².